The van der Waals surface area contributed by atoms with E-state index in [4.69, 9.17) is 4.74 Å². The number of ether oxygens (including phenoxy) is 1. The highest BCUT2D eigenvalue weighted by Gasteiger charge is 2.30. The quantitative estimate of drug-likeness (QED) is 0.372. The van der Waals surface area contributed by atoms with E-state index in [2.05, 4.69) is 26.6 Å². The fourth-order valence-electron chi connectivity index (χ4n) is 2.56. The van der Waals surface area contributed by atoms with Gasteiger partial charge in [0, 0.05) is 10.2 Å². The van der Waals surface area contributed by atoms with Crippen LogP contribution in [0.25, 0.3) is 0 Å². The van der Waals surface area contributed by atoms with Gasteiger partial charge in [-0.1, -0.05) is 22.0 Å². The van der Waals surface area contributed by atoms with Crippen LogP contribution in [0, 0.1) is 0 Å². The number of anilines is 2. The summed E-state index contributed by atoms with van der Waals surface area (Å²) in [6.45, 7) is 0. The van der Waals surface area contributed by atoms with E-state index in [1.54, 1.807) is 24.3 Å². The summed E-state index contributed by atoms with van der Waals surface area (Å²) < 4.78 is 44.6. The molecule has 3 N–H and O–H groups in total. The van der Waals surface area contributed by atoms with E-state index in [0.717, 1.165) is 28.7 Å². The number of para-hydroxylation sites is 1. The second-order valence-electron chi connectivity index (χ2n) is 6.20. The van der Waals surface area contributed by atoms with Crippen molar-refractivity contribution in [2.24, 2.45) is 0 Å². The van der Waals surface area contributed by atoms with Crippen molar-refractivity contribution in [1.29, 1.82) is 0 Å². The number of nitrogens with one attached hydrogen (secondary N) is 2. The molecule has 10 heteroatoms. The molecule has 0 aliphatic carbocycles. The van der Waals surface area contributed by atoms with Crippen LogP contribution in [-0.2, 0) is 6.18 Å². The van der Waals surface area contributed by atoms with E-state index in [9.17, 15) is 27.9 Å². The molecular weight excluding hydrogens is 481 g/mol. The summed E-state index contributed by atoms with van der Waals surface area (Å²) in [6.07, 6.45) is -4.52. The van der Waals surface area contributed by atoms with Crippen molar-refractivity contribution in [3.8, 4) is 11.5 Å². The summed E-state index contributed by atoms with van der Waals surface area (Å²) in [5, 5.41) is 14.5. The number of benzene rings is 3. The molecule has 160 valence electrons. The maximum atomic E-state index is 12.7. The van der Waals surface area contributed by atoms with Gasteiger partial charge in [0.15, 0.2) is 5.75 Å². The summed E-state index contributed by atoms with van der Waals surface area (Å²) in [7, 11) is 0. The van der Waals surface area contributed by atoms with E-state index in [1.165, 1.54) is 18.2 Å². The van der Waals surface area contributed by atoms with Crippen LogP contribution in [0.4, 0.5) is 29.3 Å². The Morgan fingerprint density at radius 3 is 2.13 bits per heavy atom. The van der Waals surface area contributed by atoms with Gasteiger partial charge in [-0.15, -0.1) is 0 Å². The van der Waals surface area contributed by atoms with Crippen LogP contribution in [0.1, 0.15) is 15.9 Å². The standard InChI is InChI=1S/C21H14BrF3N2O4/c22-13-6-8-14(9-7-13)26-20(30)27-17-3-1-2-16(19(28)29)18(17)31-15-10-4-12(5-11-15)21(23,24)25/h1-11H,(H,28,29)(H2,26,27,30). The minimum Gasteiger partial charge on any atom is -0.478 e. The molecule has 0 saturated heterocycles. The first-order valence-electron chi connectivity index (χ1n) is 8.68. The lowest BCUT2D eigenvalue weighted by Gasteiger charge is -2.15. The predicted molar refractivity (Wildman–Crippen MR) is 112 cm³/mol. The van der Waals surface area contributed by atoms with Crippen molar-refractivity contribution in [2.45, 2.75) is 6.18 Å². The summed E-state index contributed by atoms with van der Waals surface area (Å²) in [6, 6.07) is 13.9. The first-order valence-corrected chi connectivity index (χ1v) is 9.48. The summed E-state index contributed by atoms with van der Waals surface area (Å²) in [5.41, 5.74) is -0.644. The van der Waals surface area contributed by atoms with Gasteiger partial charge < -0.3 is 20.5 Å². The highest BCUT2D eigenvalue weighted by molar-refractivity contribution is 9.10. The maximum Gasteiger partial charge on any atom is 0.416 e. The Kier molecular flexibility index (Phi) is 6.50. The fraction of sp³-hybridized carbons (Fsp3) is 0.0476. The zero-order valence-electron chi connectivity index (χ0n) is 15.5. The molecule has 0 atom stereocenters. The number of carboxylic acid groups (broad SMARTS) is 1. The molecule has 3 rings (SSSR count). The molecule has 0 unspecified atom stereocenters. The number of carbonyl (C=O) groups excluding carboxylic acids is 1. The molecule has 31 heavy (non-hydrogen) atoms. The van der Waals surface area contributed by atoms with Crippen molar-refractivity contribution in [2.75, 3.05) is 10.6 Å². The van der Waals surface area contributed by atoms with Crippen molar-refractivity contribution >= 4 is 39.3 Å². The van der Waals surface area contributed by atoms with E-state index >= 15 is 0 Å². The molecule has 2 amide bonds. The Morgan fingerprint density at radius 2 is 1.55 bits per heavy atom. The molecule has 0 spiro atoms. The van der Waals surface area contributed by atoms with Crippen molar-refractivity contribution in [1.82, 2.24) is 0 Å². The molecule has 0 aliphatic rings. The average Bonchev–Trinajstić information content (AvgIpc) is 2.70. The van der Waals surface area contributed by atoms with Gasteiger partial charge in [-0.25, -0.2) is 9.59 Å². The molecule has 0 aromatic heterocycles. The zero-order valence-corrected chi connectivity index (χ0v) is 17.1. The van der Waals surface area contributed by atoms with Crippen LogP contribution in [0.2, 0.25) is 0 Å². The normalized spacial score (nSPS) is 11.0. The Balaban J connectivity index is 1.85. The second kappa shape index (κ2) is 9.09. The molecule has 3 aromatic carbocycles. The third-order valence-electron chi connectivity index (χ3n) is 4.00. The number of hydrogen-bond donors (Lipinski definition) is 3. The van der Waals surface area contributed by atoms with Gasteiger partial charge in [-0.05, 0) is 60.7 Å². The predicted octanol–water partition coefficient (Wildman–Crippen LogP) is 6.60. The monoisotopic (exact) mass is 494 g/mol. The molecular formula is C21H14BrF3N2O4. The van der Waals surface area contributed by atoms with Gasteiger partial charge in [0.05, 0.1) is 11.3 Å². The van der Waals surface area contributed by atoms with Crippen molar-refractivity contribution in [3.63, 3.8) is 0 Å². The summed E-state index contributed by atoms with van der Waals surface area (Å²) in [5.74, 6) is -1.59. The number of halogens is 4. The molecule has 0 fully saturated rings. The smallest absolute Gasteiger partial charge is 0.416 e. The largest absolute Gasteiger partial charge is 0.478 e. The van der Waals surface area contributed by atoms with E-state index in [1.807, 2.05) is 0 Å². The van der Waals surface area contributed by atoms with Crippen LogP contribution in [0.3, 0.4) is 0 Å². The average molecular weight is 495 g/mol. The van der Waals surface area contributed by atoms with Gasteiger partial charge in [-0.2, -0.15) is 13.2 Å². The third-order valence-corrected chi connectivity index (χ3v) is 4.53. The SMILES string of the molecule is O=C(Nc1ccc(Br)cc1)Nc1cccc(C(=O)O)c1Oc1ccc(C(F)(F)F)cc1. The lowest BCUT2D eigenvalue weighted by Crippen LogP contribution is -2.20. The Bertz CT molecular complexity index is 1100. The summed E-state index contributed by atoms with van der Waals surface area (Å²) in [4.78, 5) is 23.9. The Hall–Kier alpha value is -3.53. The topological polar surface area (TPSA) is 87.7 Å². The number of urea groups is 1. The van der Waals surface area contributed by atoms with Gasteiger partial charge in [-0.3, -0.25) is 0 Å². The molecule has 0 heterocycles. The number of alkyl halides is 3. The van der Waals surface area contributed by atoms with Gasteiger partial charge in [0.25, 0.3) is 0 Å². The highest BCUT2D eigenvalue weighted by Crippen LogP contribution is 2.35. The number of rotatable bonds is 5. The molecule has 0 radical (unpaired) electrons. The van der Waals surface area contributed by atoms with Crippen LogP contribution in [0.15, 0.2) is 71.2 Å². The molecule has 0 saturated carbocycles. The summed E-state index contributed by atoms with van der Waals surface area (Å²) >= 11 is 3.28. The van der Waals surface area contributed by atoms with Gasteiger partial charge in [0.2, 0.25) is 0 Å². The van der Waals surface area contributed by atoms with Crippen molar-refractivity contribution in [3.05, 3.63) is 82.3 Å². The van der Waals surface area contributed by atoms with Crippen LogP contribution >= 0.6 is 15.9 Å². The molecule has 0 aliphatic heterocycles. The Labute approximate surface area is 182 Å². The number of amides is 2. The number of carboxylic acids is 1. The van der Waals surface area contributed by atoms with Crippen LogP contribution in [-0.4, -0.2) is 17.1 Å². The Morgan fingerprint density at radius 1 is 0.903 bits per heavy atom. The van der Waals surface area contributed by atoms with Crippen molar-refractivity contribution < 1.29 is 32.6 Å². The maximum absolute atomic E-state index is 12.7. The van der Waals surface area contributed by atoms with E-state index < -0.39 is 23.7 Å². The van der Waals surface area contributed by atoms with E-state index in [-0.39, 0.29) is 22.7 Å². The lowest BCUT2D eigenvalue weighted by atomic mass is 10.1. The third kappa shape index (κ3) is 5.76. The first kappa shape index (κ1) is 22.2. The van der Waals surface area contributed by atoms with Crippen LogP contribution < -0.4 is 15.4 Å². The number of carbonyl (C=O) groups is 2. The second-order valence-corrected chi connectivity index (χ2v) is 7.11. The minimum absolute atomic E-state index is 0.0226. The first-order chi connectivity index (χ1) is 14.6. The number of aromatic carboxylic acids is 1. The van der Waals surface area contributed by atoms with Gasteiger partial charge >= 0.3 is 18.2 Å². The molecule has 0 bridgehead atoms. The van der Waals surface area contributed by atoms with Gasteiger partial charge in [0.1, 0.15) is 11.3 Å². The highest BCUT2D eigenvalue weighted by atomic mass is 79.9. The zero-order chi connectivity index (χ0) is 22.6. The fourth-order valence-corrected chi connectivity index (χ4v) is 2.83. The molecule has 3 aromatic rings. The van der Waals surface area contributed by atoms with Crippen LogP contribution in [0.5, 0.6) is 11.5 Å². The number of hydrogen-bond acceptors (Lipinski definition) is 3. The molecule has 6 nitrogen and oxygen atoms in total. The van der Waals surface area contributed by atoms with E-state index in [0.29, 0.717) is 5.69 Å². The minimum atomic E-state index is -4.52. The lowest BCUT2D eigenvalue weighted by molar-refractivity contribution is -0.137.